The average molecular weight is 255 g/mol. The second kappa shape index (κ2) is 4.52. The minimum absolute atomic E-state index is 0.558. The molecule has 0 aliphatic rings. The van der Waals surface area contributed by atoms with E-state index in [1.807, 2.05) is 50.5 Å². The Balaban J connectivity index is 1.95. The quantitative estimate of drug-likeness (QED) is 0.766. The van der Waals surface area contributed by atoms with E-state index in [0.29, 0.717) is 5.95 Å². The maximum Gasteiger partial charge on any atom is 0.252 e. The first-order valence-electron chi connectivity index (χ1n) is 5.85. The number of nitrogens with zero attached hydrogens (tertiary/aromatic N) is 6. The third kappa shape index (κ3) is 2.17. The predicted octanol–water partition coefficient (Wildman–Crippen LogP) is 1.45. The van der Waals surface area contributed by atoms with E-state index in [4.69, 9.17) is 0 Å². The Hall–Kier alpha value is -2.70. The Morgan fingerprint density at radius 3 is 2.63 bits per heavy atom. The van der Waals surface area contributed by atoms with E-state index < -0.39 is 0 Å². The van der Waals surface area contributed by atoms with Crippen LogP contribution in [-0.4, -0.2) is 30.0 Å². The maximum absolute atomic E-state index is 4.27. The van der Waals surface area contributed by atoms with Gasteiger partial charge in [0.2, 0.25) is 0 Å². The molecule has 0 aliphatic carbocycles. The molecule has 0 saturated carbocycles. The van der Waals surface area contributed by atoms with Crippen molar-refractivity contribution in [2.75, 3.05) is 5.32 Å². The van der Waals surface area contributed by atoms with Crippen molar-refractivity contribution in [3.63, 3.8) is 0 Å². The lowest BCUT2D eigenvalue weighted by molar-refractivity contribution is 0.756. The van der Waals surface area contributed by atoms with Gasteiger partial charge in [-0.2, -0.15) is 9.78 Å². The van der Waals surface area contributed by atoms with Crippen LogP contribution in [0.15, 0.2) is 36.5 Å². The van der Waals surface area contributed by atoms with Crippen LogP contribution in [0.5, 0.6) is 0 Å². The van der Waals surface area contributed by atoms with E-state index in [1.54, 1.807) is 9.36 Å². The zero-order chi connectivity index (χ0) is 13.2. The largest absolute Gasteiger partial charge is 0.320 e. The Morgan fingerprint density at radius 2 is 1.95 bits per heavy atom. The van der Waals surface area contributed by atoms with Crippen LogP contribution in [-0.2, 0) is 7.05 Å². The van der Waals surface area contributed by atoms with Crippen LogP contribution in [0.2, 0.25) is 0 Å². The van der Waals surface area contributed by atoms with Gasteiger partial charge in [0.15, 0.2) is 0 Å². The summed E-state index contributed by atoms with van der Waals surface area (Å²) in [5, 5.41) is 19.1. The molecule has 0 amide bonds. The minimum atomic E-state index is 0.558. The van der Waals surface area contributed by atoms with E-state index in [2.05, 4.69) is 25.9 Å². The van der Waals surface area contributed by atoms with Crippen molar-refractivity contribution in [2.24, 2.45) is 7.05 Å². The topological polar surface area (TPSA) is 73.5 Å². The number of para-hydroxylation sites is 1. The van der Waals surface area contributed by atoms with Crippen molar-refractivity contribution in [1.82, 2.24) is 30.0 Å². The van der Waals surface area contributed by atoms with Crippen molar-refractivity contribution >= 4 is 11.6 Å². The molecule has 1 aromatic carbocycles. The second-order valence-corrected chi connectivity index (χ2v) is 4.18. The standard InChI is InChI=1S/C12H13N7/c1-9-11(8-18(2)15-9)13-12-14-16-17-19(12)10-6-4-3-5-7-10/h3-8H,1-2H3,(H,13,14,17). The van der Waals surface area contributed by atoms with Crippen LogP contribution >= 0.6 is 0 Å². The lowest BCUT2D eigenvalue weighted by Gasteiger charge is -2.05. The smallest absolute Gasteiger partial charge is 0.252 e. The predicted molar refractivity (Wildman–Crippen MR) is 70.4 cm³/mol. The third-order valence-electron chi connectivity index (χ3n) is 2.73. The molecule has 3 rings (SSSR count). The average Bonchev–Trinajstić information content (AvgIpc) is 2.98. The van der Waals surface area contributed by atoms with Crippen molar-refractivity contribution in [1.29, 1.82) is 0 Å². The minimum Gasteiger partial charge on any atom is -0.320 e. The first kappa shape index (κ1) is 11.4. The molecule has 96 valence electrons. The second-order valence-electron chi connectivity index (χ2n) is 4.18. The van der Waals surface area contributed by atoms with Gasteiger partial charge in [-0.3, -0.25) is 4.68 Å². The summed E-state index contributed by atoms with van der Waals surface area (Å²) in [7, 11) is 1.87. The van der Waals surface area contributed by atoms with Gasteiger partial charge >= 0.3 is 0 Å². The Morgan fingerprint density at radius 1 is 1.16 bits per heavy atom. The van der Waals surface area contributed by atoms with Crippen molar-refractivity contribution < 1.29 is 0 Å². The molecule has 0 fully saturated rings. The van der Waals surface area contributed by atoms with Crippen LogP contribution in [0.25, 0.3) is 5.69 Å². The molecule has 2 aromatic heterocycles. The van der Waals surface area contributed by atoms with Gasteiger partial charge in [-0.25, -0.2) is 0 Å². The monoisotopic (exact) mass is 255 g/mol. The molecular formula is C12H13N7. The number of tetrazole rings is 1. The van der Waals surface area contributed by atoms with E-state index in [9.17, 15) is 0 Å². The number of rotatable bonds is 3. The van der Waals surface area contributed by atoms with Crippen molar-refractivity contribution in [3.8, 4) is 5.69 Å². The van der Waals surface area contributed by atoms with Gasteiger partial charge in [0.05, 0.1) is 17.1 Å². The molecule has 0 aliphatic heterocycles. The molecule has 3 aromatic rings. The molecule has 7 heteroatoms. The zero-order valence-corrected chi connectivity index (χ0v) is 10.6. The highest BCUT2D eigenvalue weighted by molar-refractivity contribution is 5.56. The van der Waals surface area contributed by atoms with Crippen molar-refractivity contribution in [3.05, 3.63) is 42.2 Å². The highest BCUT2D eigenvalue weighted by atomic mass is 15.6. The normalized spacial score (nSPS) is 10.6. The molecule has 0 spiro atoms. The molecule has 0 bridgehead atoms. The van der Waals surface area contributed by atoms with E-state index in [0.717, 1.165) is 17.1 Å². The van der Waals surface area contributed by atoms with E-state index >= 15 is 0 Å². The number of anilines is 2. The van der Waals surface area contributed by atoms with Gasteiger partial charge in [-0.05, 0) is 29.5 Å². The first-order valence-corrected chi connectivity index (χ1v) is 5.85. The van der Waals surface area contributed by atoms with E-state index in [-0.39, 0.29) is 0 Å². The van der Waals surface area contributed by atoms with Crippen molar-refractivity contribution in [2.45, 2.75) is 6.92 Å². The van der Waals surface area contributed by atoms with Crippen LogP contribution in [0.3, 0.4) is 0 Å². The summed E-state index contributed by atoms with van der Waals surface area (Å²) in [5.74, 6) is 0.558. The van der Waals surface area contributed by atoms with Gasteiger partial charge in [-0.15, -0.1) is 0 Å². The number of hydrogen-bond acceptors (Lipinski definition) is 5. The molecular weight excluding hydrogens is 242 g/mol. The number of benzene rings is 1. The maximum atomic E-state index is 4.27. The molecule has 2 heterocycles. The molecule has 0 unspecified atom stereocenters. The Bertz CT molecular complexity index is 683. The highest BCUT2D eigenvalue weighted by Gasteiger charge is 2.10. The van der Waals surface area contributed by atoms with Crippen LogP contribution in [0, 0.1) is 6.92 Å². The van der Waals surface area contributed by atoms with Crippen LogP contribution in [0.4, 0.5) is 11.6 Å². The zero-order valence-electron chi connectivity index (χ0n) is 10.6. The lowest BCUT2D eigenvalue weighted by Crippen LogP contribution is -2.03. The summed E-state index contributed by atoms with van der Waals surface area (Å²) in [6.45, 7) is 1.93. The van der Waals surface area contributed by atoms with Gasteiger partial charge in [0.1, 0.15) is 0 Å². The Kier molecular flexibility index (Phi) is 2.71. The number of aryl methyl sites for hydroxylation is 2. The fourth-order valence-corrected chi connectivity index (χ4v) is 1.85. The highest BCUT2D eigenvalue weighted by Crippen LogP contribution is 2.18. The first-order chi connectivity index (χ1) is 9.24. The summed E-state index contributed by atoms with van der Waals surface area (Å²) in [5.41, 5.74) is 2.68. The number of hydrogen-bond donors (Lipinski definition) is 1. The Labute approximate surface area is 109 Å². The molecule has 19 heavy (non-hydrogen) atoms. The van der Waals surface area contributed by atoms with Gasteiger partial charge in [0.25, 0.3) is 5.95 Å². The van der Waals surface area contributed by atoms with Gasteiger partial charge in [0, 0.05) is 13.2 Å². The summed E-state index contributed by atoms with van der Waals surface area (Å²) in [6, 6.07) is 9.72. The number of nitrogens with one attached hydrogen (secondary N) is 1. The SMILES string of the molecule is Cc1nn(C)cc1Nc1nnnn1-c1ccccc1. The fourth-order valence-electron chi connectivity index (χ4n) is 1.85. The summed E-state index contributed by atoms with van der Waals surface area (Å²) < 4.78 is 3.39. The summed E-state index contributed by atoms with van der Waals surface area (Å²) in [4.78, 5) is 0. The van der Waals surface area contributed by atoms with Gasteiger partial charge in [-0.1, -0.05) is 23.3 Å². The van der Waals surface area contributed by atoms with Gasteiger partial charge < -0.3 is 5.32 Å². The fraction of sp³-hybridized carbons (Fsp3) is 0.167. The van der Waals surface area contributed by atoms with Crippen LogP contribution < -0.4 is 5.32 Å². The summed E-state index contributed by atoms with van der Waals surface area (Å²) >= 11 is 0. The van der Waals surface area contributed by atoms with E-state index in [1.165, 1.54) is 0 Å². The summed E-state index contributed by atoms with van der Waals surface area (Å²) in [6.07, 6.45) is 1.89. The molecule has 0 saturated heterocycles. The molecule has 1 N–H and O–H groups in total. The molecule has 0 radical (unpaired) electrons. The third-order valence-corrected chi connectivity index (χ3v) is 2.73. The number of aromatic nitrogens is 6. The lowest BCUT2D eigenvalue weighted by atomic mass is 10.3. The molecule has 7 nitrogen and oxygen atoms in total. The molecule has 0 atom stereocenters. The van der Waals surface area contributed by atoms with Crippen LogP contribution in [0.1, 0.15) is 5.69 Å².